The number of aliphatic hydroxyl groups excluding tert-OH is 1. The average Bonchev–Trinajstić information content (AvgIpc) is 2.90. The number of anilines is 2. The van der Waals surface area contributed by atoms with Gasteiger partial charge in [0.1, 0.15) is 11.6 Å². The predicted molar refractivity (Wildman–Crippen MR) is 145 cm³/mol. The molecule has 1 atom stereocenters. The van der Waals surface area contributed by atoms with Crippen LogP contribution in [0.2, 0.25) is 0 Å². The van der Waals surface area contributed by atoms with Crippen LogP contribution in [0.5, 0.6) is 0 Å². The highest BCUT2D eigenvalue weighted by Gasteiger charge is 2.28. The average molecular weight is 506 g/mol. The van der Waals surface area contributed by atoms with E-state index in [-0.39, 0.29) is 36.4 Å². The molecule has 0 saturated heterocycles. The Kier molecular flexibility index (Phi) is 8.71. The van der Waals surface area contributed by atoms with Crippen LogP contribution >= 0.6 is 0 Å². The number of amides is 1. The molecule has 0 radical (unpaired) electrons. The minimum Gasteiger partial charge on any atom is -0.392 e. The van der Waals surface area contributed by atoms with Crippen molar-refractivity contribution in [1.82, 2.24) is 15.3 Å². The fraction of sp³-hybridized carbons (Fsp3) is 0.414. The van der Waals surface area contributed by atoms with E-state index >= 15 is 0 Å². The van der Waals surface area contributed by atoms with Crippen LogP contribution in [0.1, 0.15) is 56.6 Å². The summed E-state index contributed by atoms with van der Waals surface area (Å²) in [6.07, 6.45) is 3.56. The van der Waals surface area contributed by atoms with Gasteiger partial charge in [-0.1, -0.05) is 44.2 Å². The first-order valence-corrected chi connectivity index (χ1v) is 13.0. The molecule has 4 rings (SSSR count). The van der Waals surface area contributed by atoms with Crippen molar-refractivity contribution >= 4 is 17.7 Å². The zero-order chi connectivity index (χ0) is 26.4. The lowest BCUT2D eigenvalue weighted by atomic mass is 9.86. The van der Waals surface area contributed by atoms with Crippen LogP contribution in [0.4, 0.5) is 16.2 Å². The molecule has 0 aliphatic heterocycles. The van der Waals surface area contributed by atoms with Gasteiger partial charge >= 0.3 is 0 Å². The number of nitrogens with one attached hydrogen (secondary N) is 3. The van der Waals surface area contributed by atoms with Crippen molar-refractivity contribution in [3.05, 3.63) is 71.5 Å². The van der Waals surface area contributed by atoms with Crippen LogP contribution in [0, 0.1) is 11.7 Å². The fourth-order valence-electron chi connectivity index (χ4n) is 5.10. The number of hydrogen-bond acceptors (Lipinski definition) is 6. The molecule has 1 aromatic heterocycles. The third-order valence-electron chi connectivity index (χ3n) is 7.00. The Labute approximate surface area is 217 Å². The molecule has 1 unspecified atom stereocenters. The molecule has 8 heteroatoms. The molecule has 196 valence electrons. The second-order valence-electron chi connectivity index (χ2n) is 10.0. The van der Waals surface area contributed by atoms with E-state index < -0.39 is 5.82 Å². The van der Waals surface area contributed by atoms with E-state index in [1.807, 2.05) is 36.4 Å². The highest BCUT2D eigenvalue weighted by molar-refractivity contribution is 5.84. The summed E-state index contributed by atoms with van der Waals surface area (Å²) in [7, 11) is 1.74. The van der Waals surface area contributed by atoms with Crippen LogP contribution in [0.3, 0.4) is 0 Å². The molecule has 1 aliphatic rings. The molecule has 3 aromatic rings. The van der Waals surface area contributed by atoms with Crippen molar-refractivity contribution in [3.63, 3.8) is 0 Å². The predicted octanol–water partition coefficient (Wildman–Crippen LogP) is 5.10. The Morgan fingerprint density at radius 2 is 1.73 bits per heavy atom. The van der Waals surface area contributed by atoms with Gasteiger partial charge in [0.05, 0.1) is 18.2 Å². The van der Waals surface area contributed by atoms with E-state index in [2.05, 4.69) is 39.8 Å². The smallest absolute Gasteiger partial charge is 0.228 e. The van der Waals surface area contributed by atoms with Crippen molar-refractivity contribution < 1.29 is 14.3 Å². The van der Waals surface area contributed by atoms with E-state index in [1.165, 1.54) is 12.1 Å². The summed E-state index contributed by atoms with van der Waals surface area (Å²) in [6, 6.07) is 16.5. The maximum atomic E-state index is 13.7. The van der Waals surface area contributed by atoms with E-state index in [0.29, 0.717) is 28.6 Å². The van der Waals surface area contributed by atoms with Crippen LogP contribution < -0.4 is 16.0 Å². The molecule has 1 fully saturated rings. The SMILES string of the molecule is CNc1nc(NC2CCC(NC(=O)C(c3ccccc3)C(C)C)CC2)cc(-c2ccc(F)cc2CO)n1. The first kappa shape index (κ1) is 26.5. The molecule has 1 amide bonds. The Balaban J connectivity index is 1.40. The van der Waals surface area contributed by atoms with Crippen molar-refractivity contribution in [1.29, 1.82) is 0 Å². The molecule has 0 spiro atoms. The van der Waals surface area contributed by atoms with Crippen molar-refractivity contribution in [3.8, 4) is 11.3 Å². The zero-order valence-electron chi connectivity index (χ0n) is 21.7. The van der Waals surface area contributed by atoms with Crippen molar-refractivity contribution in [2.24, 2.45) is 5.92 Å². The minimum absolute atomic E-state index is 0.0932. The number of rotatable bonds is 9. The van der Waals surface area contributed by atoms with Gasteiger partial charge in [0.2, 0.25) is 11.9 Å². The van der Waals surface area contributed by atoms with Gasteiger partial charge in [0, 0.05) is 30.8 Å². The standard InChI is InChI=1S/C29H36FN5O2/c1-18(2)27(19-7-5-4-6-8-19)28(37)33-23-12-10-22(11-13-23)32-26-16-25(34-29(31-3)35-26)24-14-9-21(30)15-20(24)17-36/h4-9,14-16,18,22-23,27,36H,10-13,17H2,1-3H3,(H,33,37)(H2,31,32,34,35). The Hall–Kier alpha value is -3.52. The molecular weight excluding hydrogens is 469 g/mol. The number of halogens is 1. The van der Waals surface area contributed by atoms with Gasteiger partial charge in [0.15, 0.2) is 0 Å². The quantitative estimate of drug-likeness (QED) is 0.323. The first-order chi connectivity index (χ1) is 17.9. The number of aliphatic hydroxyl groups is 1. The molecule has 4 N–H and O–H groups in total. The topological polar surface area (TPSA) is 99.2 Å². The third kappa shape index (κ3) is 6.63. The summed E-state index contributed by atoms with van der Waals surface area (Å²) in [4.78, 5) is 22.2. The number of hydrogen-bond donors (Lipinski definition) is 4. The summed E-state index contributed by atoms with van der Waals surface area (Å²) in [5.74, 6) is 0.846. The van der Waals surface area contributed by atoms with Gasteiger partial charge < -0.3 is 21.1 Å². The fourth-order valence-corrected chi connectivity index (χ4v) is 5.10. The Morgan fingerprint density at radius 3 is 2.38 bits per heavy atom. The molecule has 2 aromatic carbocycles. The largest absolute Gasteiger partial charge is 0.392 e. The van der Waals surface area contributed by atoms with E-state index in [9.17, 15) is 14.3 Å². The van der Waals surface area contributed by atoms with Crippen LogP contribution in [-0.4, -0.2) is 40.1 Å². The monoisotopic (exact) mass is 505 g/mol. The molecule has 1 aliphatic carbocycles. The van der Waals surface area contributed by atoms with Gasteiger partial charge in [-0.2, -0.15) is 4.98 Å². The van der Waals surface area contributed by atoms with Gasteiger partial charge in [0.25, 0.3) is 0 Å². The van der Waals surface area contributed by atoms with Crippen molar-refractivity contribution in [2.45, 2.75) is 64.1 Å². The highest BCUT2D eigenvalue weighted by Crippen LogP contribution is 2.29. The summed E-state index contributed by atoms with van der Waals surface area (Å²) < 4.78 is 13.7. The lowest BCUT2D eigenvalue weighted by molar-refractivity contribution is -0.124. The van der Waals surface area contributed by atoms with Crippen LogP contribution in [0.25, 0.3) is 11.3 Å². The Morgan fingerprint density at radius 1 is 1.03 bits per heavy atom. The van der Waals surface area contributed by atoms with Crippen LogP contribution in [-0.2, 0) is 11.4 Å². The molecule has 37 heavy (non-hydrogen) atoms. The molecular formula is C29H36FN5O2. The number of carbonyl (C=O) groups excluding carboxylic acids is 1. The number of aromatic nitrogens is 2. The first-order valence-electron chi connectivity index (χ1n) is 13.0. The van der Waals surface area contributed by atoms with E-state index in [4.69, 9.17) is 0 Å². The second kappa shape index (κ2) is 12.1. The Bertz CT molecular complexity index is 1200. The molecule has 0 bridgehead atoms. The van der Waals surface area contributed by atoms with Crippen molar-refractivity contribution in [2.75, 3.05) is 17.7 Å². The minimum atomic E-state index is -0.402. The van der Waals surface area contributed by atoms with Crippen LogP contribution in [0.15, 0.2) is 54.6 Å². The molecule has 1 heterocycles. The van der Waals surface area contributed by atoms with E-state index in [1.54, 1.807) is 13.1 Å². The number of nitrogens with zero attached hydrogens (tertiary/aromatic N) is 2. The number of carbonyl (C=O) groups is 1. The molecule has 1 saturated carbocycles. The van der Waals surface area contributed by atoms with Gasteiger partial charge in [-0.25, -0.2) is 9.37 Å². The maximum Gasteiger partial charge on any atom is 0.228 e. The summed E-state index contributed by atoms with van der Waals surface area (Å²) in [5, 5.41) is 19.5. The maximum absolute atomic E-state index is 13.7. The highest BCUT2D eigenvalue weighted by atomic mass is 19.1. The third-order valence-corrected chi connectivity index (χ3v) is 7.00. The second-order valence-corrected chi connectivity index (χ2v) is 10.0. The summed E-state index contributed by atoms with van der Waals surface area (Å²) in [5.41, 5.74) is 2.79. The van der Waals surface area contributed by atoms with E-state index in [0.717, 1.165) is 31.2 Å². The van der Waals surface area contributed by atoms with Gasteiger partial charge in [-0.05, 0) is 60.9 Å². The lowest BCUT2D eigenvalue weighted by Gasteiger charge is -2.32. The van der Waals surface area contributed by atoms with Gasteiger partial charge in [-0.15, -0.1) is 0 Å². The summed E-state index contributed by atoms with van der Waals surface area (Å²) >= 11 is 0. The van der Waals surface area contributed by atoms with Gasteiger partial charge in [-0.3, -0.25) is 4.79 Å². The zero-order valence-corrected chi connectivity index (χ0v) is 21.7. The number of benzene rings is 2. The normalized spacial score (nSPS) is 18.3. The summed E-state index contributed by atoms with van der Waals surface area (Å²) in [6.45, 7) is 3.89. The molecule has 7 nitrogen and oxygen atoms in total. The lowest BCUT2D eigenvalue weighted by Crippen LogP contribution is -2.43.